The second-order valence-corrected chi connectivity index (χ2v) is 7.11. The Kier molecular flexibility index (Phi) is 6.49. The Bertz CT molecular complexity index is 494. The molecule has 0 heterocycles. The minimum atomic E-state index is -3.44. The van der Waals surface area contributed by atoms with Crippen molar-refractivity contribution >= 4 is 10.0 Å². The third-order valence-electron chi connectivity index (χ3n) is 2.98. The zero-order valence-corrected chi connectivity index (χ0v) is 13.5. The Morgan fingerprint density at radius 1 is 1.10 bits per heavy atom. The quantitative estimate of drug-likeness (QED) is 0.802. The molecule has 5 heteroatoms. The number of ether oxygens (including phenoxy) is 1. The highest BCUT2D eigenvalue weighted by atomic mass is 32.2. The predicted molar refractivity (Wildman–Crippen MR) is 81.5 cm³/mol. The zero-order chi connectivity index (χ0) is 15.2. The maximum atomic E-state index is 12.2. The summed E-state index contributed by atoms with van der Waals surface area (Å²) in [5.41, 5.74) is 0. The van der Waals surface area contributed by atoms with Crippen LogP contribution < -0.4 is 9.46 Å². The van der Waals surface area contributed by atoms with Crippen molar-refractivity contribution in [3.63, 3.8) is 0 Å². The molecule has 0 saturated heterocycles. The standard InChI is InChI=1S/C15H25NO3S/c1-5-19-14-8-10-15(11-9-14)20(17,18)16-13(4)7-6-12(2)3/h8-13,16H,5-7H2,1-4H3. The van der Waals surface area contributed by atoms with E-state index >= 15 is 0 Å². The summed E-state index contributed by atoms with van der Waals surface area (Å²) in [6, 6.07) is 6.44. The number of rotatable bonds is 8. The first-order chi connectivity index (χ1) is 9.35. The molecule has 0 aliphatic heterocycles. The second-order valence-electron chi connectivity index (χ2n) is 5.40. The van der Waals surface area contributed by atoms with Crippen LogP contribution in [-0.4, -0.2) is 21.1 Å². The van der Waals surface area contributed by atoms with Gasteiger partial charge in [0.15, 0.2) is 0 Å². The van der Waals surface area contributed by atoms with E-state index in [4.69, 9.17) is 4.74 Å². The van der Waals surface area contributed by atoms with Gasteiger partial charge in [0.05, 0.1) is 11.5 Å². The third kappa shape index (κ3) is 5.51. The molecule has 1 aromatic rings. The van der Waals surface area contributed by atoms with Crippen LogP contribution in [0.15, 0.2) is 29.2 Å². The molecule has 1 atom stereocenters. The Morgan fingerprint density at radius 2 is 1.70 bits per heavy atom. The number of sulfonamides is 1. The third-order valence-corrected chi connectivity index (χ3v) is 4.58. The molecule has 0 aliphatic rings. The smallest absolute Gasteiger partial charge is 0.240 e. The highest BCUT2D eigenvalue weighted by molar-refractivity contribution is 7.89. The van der Waals surface area contributed by atoms with Gasteiger partial charge in [-0.2, -0.15) is 0 Å². The molecule has 114 valence electrons. The molecule has 1 aromatic carbocycles. The van der Waals surface area contributed by atoms with E-state index in [-0.39, 0.29) is 10.9 Å². The number of benzene rings is 1. The van der Waals surface area contributed by atoms with Gasteiger partial charge in [0.1, 0.15) is 5.75 Å². The molecule has 20 heavy (non-hydrogen) atoms. The van der Waals surface area contributed by atoms with Gasteiger partial charge < -0.3 is 4.74 Å². The van der Waals surface area contributed by atoms with E-state index in [0.717, 1.165) is 12.8 Å². The van der Waals surface area contributed by atoms with Crippen LogP contribution in [0.4, 0.5) is 0 Å². The molecule has 1 rings (SSSR count). The van der Waals surface area contributed by atoms with Gasteiger partial charge in [0.2, 0.25) is 10.0 Å². The number of hydrogen-bond acceptors (Lipinski definition) is 3. The van der Waals surface area contributed by atoms with E-state index in [0.29, 0.717) is 18.3 Å². The highest BCUT2D eigenvalue weighted by Gasteiger charge is 2.17. The summed E-state index contributed by atoms with van der Waals surface area (Å²) in [5.74, 6) is 1.26. The normalized spacial score (nSPS) is 13.4. The predicted octanol–water partition coefficient (Wildman–Crippen LogP) is 3.19. The molecule has 0 radical (unpaired) electrons. The molecule has 0 aliphatic carbocycles. The lowest BCUT2D eigenvalue weighted by atomic mass is 10.1. The lowest BCUT2D eigenvalue weighted by Gasteiger charge is -2.15. The Labute approximate surface area is 122 Å². The van der Waals surface area contributed by atoms with Crippen LogP contribution in [-0.2, 0) is 10.0 Å². The van der Waals surface area contributed by atoms with E-state index in [2.05, 4.69) is 18.6 Å². The summed E-state index contributed by atoms with van der Waals surface area (Å²) < 4.78 is 32.4. The summed E-state index contributed by atoms with van der Waals surface area (Å²) in [7, 11) is -3.44. The molecule has 0 fully saturated rings. The molecular formula is C15H25NO3S. The van der Waals surface area contributed by atoms with Crippen LogP contribution >= 0.6 is 0 Å². The summed E-state index contributed by atoms with van der Waals surface area (Å²) in [5, 5.41) is 0. The summed E-state index contributed by atoms with van der Waals surface area (Å²) >= 11 is 0. The van der Waals surface area contributed by atoms with Gasteiger partial charge in [-0.3, -0.25) is 0 Å². The van der Waals surface area contributed by atoms with Gasteiger partial charge in [-0.05, 0) is 56.9 Å². The largest absolute Gasteiger partial charge is 0.494 e. The van der Waals surface area contributed by atoms with Gasteiger partial charge in [-0.15, -0.1) is 0 Å². The molecule has 0 aromatic heterocycles. The SMILES string of the molecule is CCOc1ccc(S(=O)(=O)NC(C)CCC(C)C)cc1. The van der Waals surface area contributed by atoms with Crippen LogP contribution in [0.1, 0.15) is 40.5 Å². The van der Waals surface area contributed by atoms with E-state index in [1.54, 1.807) is 24.3 Å². The molecule has 0 saturated carbocycles. The average molecular weight is 299 g/mol. The van der Waals surface area contributed by atoms with Gasteiger partial charge in [0, 0.05) is 6.04 Å². The second kappa shape index (κ2) is 7.64. The Hall–Kier alpha value is -1.07. The molecule has 1 unspecified atom stereocenters. The first kappa shape index (κ1) is 17.0. The van der Waals surface area contributed by atoms with E-state index in [1.807, 2.05) is 13.8 Å². The first-order valence-corrected chi connectivity index (χ1v) is 8.58. The maximum absolute atomic E-state index is 12.2. The van der Waals surface area contributed by atoms with Crippen LogP contribution in [0.3, 0.4) is 0 Å². The van der Waals surface area contributed by atoms with Crippen LogP contribution in [0.2, 0.25) is 0 Å². The first-order valence-electron chi connectivity index (χ1n) is 7.10. The molecule has 0 spiro atoms. The summed E-state index contributed by atoms with van der Waals surface area (Å²) in [6.07, 6.45) is 1.85. The van der Waals surface area contributed by atoms with Crippen LogP contribution in [0.25, 0.3) is 0 Å². The fourth-order valence-electron chi connectivity index (χ4n) is 1.86. The monoisotopic (exact) mass is 299 g/mol. The average Bonchev–Trinajstić information content (AvgIpc) is 2.37. The fourth-order valence-corrected chi connectivity index (χ4v) is 3.13. The minimum absolute atomic E-state index is 0.0611. The highest BCUT2D eigenvalue weighted by Crippen LogP contribution is 2.17. The van der Waals surface area contributed by atoms with Crippen molar-refractivity contribution in [3.05, 3.63) is 24.3 Å². The Balaban J connectivity index is 2.68. The van der Waals surface area contributed by atoms with Crippen molar-refractivity contribution in [3.8, 4) is 5.75 Å². The molecule has 0 amide bonds. The van der Waals surface area contributed by atoms with Crippen molar-refractivity contribution in [1.29, 1.82) is 0 Å². The molecule has 0 bridgehead atoms. The maximum Gasteiger partial charge on any atom is 0.240 e. The molecular weight excluding hydrogens is 274 g/mol. The van der Waals surface area contributed by atoms with Crippen molar-refractivity contribution in [2.45, 2.75) is 51.5 Å². The van der Waals surface area contributed by atoms with E-state index in [9.17, 15) is 8.42 Å². The Morgan fingerprint density at radius 3 is 2.20 bits per heavy atom. The van der Waals surface area contributed by atoms with Crippen molar-refractivity contribution in [2.24, 2.45) is 5.92 Å². The van der Waals surface area contributed by atoms with Crippen LogP contribution in [0, 0.1) is 5.92 Å². The lowest BCUT2D eigenvalue weighted by Crippen LogP contribution is -2.32. The molecule has 1 N–H and O–H groups in total. The summed E-state index contributed by atoms with van der Waals surface area (Å²) in [4.78, 5) is 0.275. The number of hydrogen-bond donors (Lipinski definition) is 1. The zero-order valence-electron chi connectivity index (χ0n) is 12.7. The lowest BCUT2D eigenvalue weighted by molar-refractivity contribution is 0.340. The number of nitrogens with one attached hydrogen (secondary N) is 1. The van der Waals surface area contributed by atoms with Gasteiger partial charge in [0.25, 0.3) is 0 Å². The summed E-state index contributed by atoms with van der Waals surface area (Å²) in [6.45, 7) is 8.62. The minimum Gasteiger partial charge on any atom is -0.494 e. The topological polar surface area (TPSA) is 55.4 Å². The van der Waals surface area contributed by atoms with Crippen molar-refractivity contribution in [1.82, 2.24) is 4.72 Å². The van der Waals surface area contributed by atoms with E-state index < -0.39 is 10.0 Å². The van der Waals surface area contributed by atoms with E-state index in [1.165, 1.54) is 0 Å². The van der Waals surface area contributed by atoms with Crippen molar-refractivity contribution < 1.29 is 13.2 Å². The van der Waals surface area contributed by atoms with Gasteiger partial charge >= 0.3 is 0 Å². The molecule has 4 nitrogen and oxygen atoms in total. The van der Waals surface area contributed by atoms with Crippen LogP contribution in [0.5, 0.6) is 5.75 Å². The van der Waals surface area contributed by atoms with Gasteiger partial charge in [-0.1, -0.05) is 13.8 Å². The van der Waals surface area contributed by atoms with Crippen molar-refractivity contribution in [2.75, 3.05) is 6.61 Å². The fraction of sp³-hybridized carbons (Fsp3) is 0.600. The van der Waals surface area contributed by atoms with Gasteiger partial charge in [-0.25, -0.2) is 13.1 Å².